The van der Waals surface area contributed by atoms with Crippen LogP contribution in [0.3, 0.4) is 0 Å². The Balaban J connectivity index is 1.54. The minimum absolute atomic E-state index is 0.123. The number of benzene rings is 2. The number of hydrogen-bond acceptors (Lipinski definition) is 4. The summed E-state index contributed by atoms with van der Waals surface area (Å²) < 4.78 is 10.8. The van der Waals surface area contributed by atoms with Crippen molar-refractivity contribution >= 4 is 5.91 Å². The van der Waals surface area contributed by atoms with Crippen LogP contribution in [0.1, 0.15) is 54.1 Å². The first kappa shape index (κ1) is 21.2. The fraction of sp³-hybridized carbons (Fsp3) is 0.458. The summed E-state index contributed by atoms with van der Waals surface area (Å²) in [5, 5.41) is 2.99. The van der Waals surface area contributed by atoms with Gasteiger partial charge in [-0.05, 0) is 62.2 Å². The van der Waals surface area contributed by atoms with Crippen LogP contribution in [0.25, 0.3) is 0 Å². The quantitative estimate of drug-likeness (QED) is 0.719. The number of ether oxygens (including phenoxy) is 2. The first-order chi connectivity index (χ1) is 14.2. The highest BCUT2D eigenvalue weighted by Gasteiger charge is 2.12. The Morgan fingerprint density at radius 1 is 0.966 bits per heavy atom. The predicted octanol–water partition coefficient (Wildman–Crippen LogP) is 4.40. The average Bonchev–Trinajstić information content (AvgIpc) is 3.02. The summed E-state index contributed by atoms with van der Waals surface area (Å²) in [6.07, 6.45) is 5.33. The standard InChI is InChI=1S/C24H32N2O3/c1-3-29-23-16-21(12-13-22(23)28-2)24(27)25-17-19-8-10-20(11-9-19)18-26-14-6-4-5-7-15-26/h8-13,16H,3-7,14-15,17-18H2,1-2H3,(H,25,27). The van der Waals surface area contributed by atoms with Gasteiger partial charge >= 0.3 is 0 Å². The van der Waals surface area contributed by atoms with E-state index in [9.17, 15) is 4.79 Å². The van der Waals surface area contributed by atoms with Crippen molar-refractivity contribution in [2.75, 3.05) is 26.8 Å². The van der Waals surface area contributed by atoms with Crippen molar-refractivity contribution in [2.24, 2.45) is 0 Å². The predicted molar refractivity (Wildman–Crippen MR) is 116 cm³/mol. The van der Waals surface area contributed by atoms with Gasteiger partial charge in [-0.2, -0.15) is 0 Å². The maximum atomic E-state index is 12.5. The normalized spacial score (nSPS) is 14.8. The fourth-order valence-corrected chi connectivity index (χ4v) is 3.69. The van der Waals surface area contributed by atoms with Crippen LogP contribution >= 0.6 is 0 Å². The van der Waals surface area contributed by atoms with Gasteiger partial charge in [0.15, 0.2) is 11.5 Å². The smallest absolute Gasteiger partial charge is 0.251 e. The van der Waals surface area contributed by atoms with E-state index >= 15 is 0 Å². The van der Waals surface area contributed by atoms with Gasteiger partial charge in [0.05, 0.1) is 13.7 Å². The van der Waals surface area contributed by atoms with E-state index in [0.29, 0.717) is 30.2 Å². The monoisotopic (exact) mass is 396 g/mol. The molecule has 1 N–H and O–H groups in total. The molecule has 1 fully saturated rings. The van der Waals surface area contributed by atoms with Gasteiger partial charge in [-0.25, -0.2) is 0 Å². The molecule has 5 nitrogen and oxygen atoms in total. The van der Waals surface area contributed by atoms with Crippen molar-refractivity contribution in [3.63, 3.8) is 0 Å². The summed E-state index contributed by atoms with van der Waals surface area (Å²) in [5.41, 5.74) is 2.99. The average molecular weight is 397 g/mol. The molecule has 29 heavy (non-hydrogen) atoms. The Morgan fingerprint density at radius 2 is 1.66 bits per heavy atom. The van der Waals surface area contributed by atoms with Crippen molar-refractivity contribution < 1.29 is 14.3 Å². The van der Waals surface area contributed by atoms with E-state index in [-0.39, 0.29) is 5.91 Å². The number of likely N-dealkylation sites (tertiary alicyclic amines) is 1. The van der Waals surface area contributed by atoms with Crippen LogP contribution in [-0.4, -0.2) is 37.6 Å². The lowest BCUT2D eigenvalue weighted by Gasteiger charge is -2.19. The molecule has 1 heterocycles. The second-order valence-corrected chi connectivity index (χ2v) is 7.49. The van der Waals surface area contributed by atoms with E-state index < -0.39 is 0 Å². The lowest BCUT2D eigenvalue weighted by Crippen LogP contribution is -2.24. The van der Waals surface area contributed by atoms with Gasteiger partial charge in [0, 0.05) is 18.7 Å². The molecule has 0 radical (unpaired) electrons. The Labute approximate surface area is 174 Å². The molecule has 3 rings (SSSR count). The second-order valence-electron chi connectivity index (χ2n) is 7.49. The molecule has 0 atom stereocenters. The zero-order valence-electron chi connectivity index (χ0n) is 17.6. The van der Waals surface area contributed by atoms with Gasteiger partial charge in [0.25, 0.3) is 5.91 Å². The molecule has 1 amide bonds. The minimum atomic E-state index is -0.123. The maximum Gasteiger partial charge on any atom is 0.251 e. The number of carbonyl (C=O) groups excluding carboxylic acids is 1. The number of nitrogens with zero attached hydrogens (tertiary/aromatic N) is 1. The van der Waals surface area contributed by atoms with Gasteiger partial charge in [-0.15, -0.1) is 0 Å². The highest BCUT2D eigenvalue weighted by Crippen LogP contribution is 2.28. The molecule has 0 aromatic heterocycles. The van der Waals surface area contributed by atoms with Crippen LogP contribution in [0.2, 0.25) is 0 Å². The van der Waals surface area contributed by atoms with Crippen LogP contribution in [0, 0.1) is 0 Å². The van der Waals surface area contributed by atoms with E-state index in [4.69, 9.17) is 9.47 Å². The summed E-state index contributed by atoms with van der Waals surface area (Å²) >= 11 is 0. The third kappa shape index (κ3) is 6.23. The summed E-state index contributed by atoms with van der Waals surface area (Å²) in [6, 6.07) is 13.8. The van der Waals surface area contributed by atoms with Crippen molar-refractivity contribution in [3.8, 4) is 11.5 Å². The maximum absolute atomic E-state index is 12.5. The molecule has 156 valence electrons. The number of rotatable bonds is 8. The highest BCUT2D eigenvalue weighted by atomic mass is 16.5. The van der Waals surface area contributed by atoms with Crippen molar-refractivity contribution in [2.45, 2.75) is 45.7 Å². The van der Waals surface area contributed by atoms with Crippen LogP contribution < -0.4 is 14.8 Å². The molecule has 0 unspecified atom stereocenters. The lowest BCUT2D eigenvalue weighted by atomic mass is 10.1. The summed E-state index contributed by atoms with van der Waals surface area (Å²) in [7, 11) is 1.59. The first-order valence-electron chi connectivity index (χ1n) is 10.6. The molecule has 2 aromatic carbocycles. The molecule has 0 spiro atoms. The zero-order chi connectivity index (χ0) is 20.5. The van der Waals surface area contributed by atoms with E-state index in [1.54, 1.807) is 25.3 Å². The molecule has 0 saturated carbocycles. The third-order valence-electron chi connectivity index (χ3n) is 5.31. The lowest BCUT2D eigenvalue weighted by molar-refractivity contribution is 0.0950. The summed E-state index contributed by atoms with van der Waals surface area (Å²) in [4.78, 5) is 15.1. The Bertz CT molecular complexity index is 781. The number of methoxy groups -OCH3 is 1. The zero-order valence-corrected chi connectivity index (χ0v) is 17.6. The largest absolute Gasteiger partial charge is 0.493 e. The molecule has 1 aliphatic rings. The molecule has 2 aromatic rings. The Morgan fingerprint density at radius 3 is 2.31 bits per heavy atom. The highest BCUT2D eigenvalue weighted by molar-refractivity contribution is 5.94. The van der Waals surface area contributed by atoms with Gasteiger partial charge in [0.2, 0.25) is 0 Å². The summed E-state index contributed by atoms with van der Waals surface area (Å²) in [5.74, 6) is 1.09. The molecular formula is C24H32N2O3. The Hall–Kier alpha value is -2.53. The fourth-order valence-electron chi connectivity index (χ4n) is 3.69. The minimum Gasteiger partial charge on any atom is -0.493 e. The van der Waals surface area contributed by atoms with E-state index in [0.717, 1.165) is 12.1 Å². The number of nitrogens with one attached hydrogen (secondary N) is 1. The second kappa shape index (κ2) is 10.9. The SMILES string of the molecule is CCOc1cc(C(=O)NCc2ccc(CN3CCCCCC3)cc2)ccc1OC. The van der Waals surface area contributed by atoms with E-state index in [1.807, 2.05) is 6.92 Å². The van der Waals surface area contributed by atoms with Crippen LogP contribution in [0.4, 0.5) is 0 Å². The molecular weight excluding hydrogens is 364 g/mol. The van der Waals surface area contributed by atoms with Gasteiger partial charge in [-0.1, -0.05) is 37.1 Å². The van der Waals surface area contributed by atoms with Crippen molar-refractivity contribution in [1.29, 1.82) is 0 Å². The number of amides is 1. The third-order valence-corrected chi connectivity index (χ3v) is 5.31. The molecule has 5 heteroatoms. The molecule has 1 aliphatic heterocycles. The van der Waals surface area contributed by atoms with Gasteiger partial charge in [-0.3, -0.25) is 9.69 Å². The molecule has 1 saturated heterocycles. The molecule has 0 bridgehead atoms. The van der Waals surface area contributed by atoms with Crippen molar-refractivity contribution in [3.05, 3.63) is 59.2 Å². The van der Waals surface area contributed by atoms with Crippen LogP contribution in [0.5, 0.6) is 11.5 Å². The number of hydrogen-bond donors (Lipinski definition) is 1. The van der Waals surface area contributed by atoms with E-state index in [1.165, 1.54) is 44.3 Å². The van der Waals surface area contributed by atoms with Crippen LogP contribution in [-0.2, 0) is 13.1 Å². The molecule has 0 aliphatic carbocycles. The first-order valence-corrected chi connectivity index (χ1v) is 10.6. The van der Waals surface area contributed by atoms with Crippen molar-refractivity contribution in [1.82, 2.24) is 10.2 Å². The van der Waals surface area contributed by atoms with E-state index in [2.05, 4.69) is 34.5 Å². The van der Waals surface area contributed by atoms with Gasteiger partial charge < -0.3 is 14.8 Å². The number of carbonyl (C=O) groups is 1. The van der Waals surface area contributed by atoms with Crippen LogP contribution in [0.15, 0.2) is 42.5 Å². The topological polar surface area (TPSA) is 50.8 Å². The van der Waals surface area contributed by atoms with Gasteiger partial charge in [0.1, 0.15) is 0 Å². The summed E-state index contributed by atoms with van der Waals surface area (Å²) in [6.45, 7) is 6.33. The Kier molecular flexibility index (Phi) is 7.94.